The van der Waals surface area contributed by atoms with E-state index in [1.807, 2.05) is 61.7 Å². The van der Waals surface area contributed by atoms with Crippen molar-refractivity contribution >= 4 is 16.7 Å². The molecular weight excluding hydrogens is 784 g/mol. The van der Waals surface area contributed by atoms with Crippen LogP contribution in [0.3, 0.4) is 0 Å². The molecule has 0 amide bonds. The summed E-state index contributed by atoms with van der Waals surface area (Å²) in [6.07, 6.45) is 4.62. The molecule has 0 saturated carbocycles. The van der Waals surface area contributed by atoms with E-state index in [1.54, 1.807) is 19.2 Å². The van der Waals surface area contributed by atoms with Crippen LogP contribution in [0.25, 0.3) is 10.9 Å². The standard InChI is InChI=1S/C30H32FNO5.C21H25N3O/c1-19-4-3-5-28(34-2)23(19)8-10-27(33)25-14-20(6-9-26(25)31)24-12-13-32-16-21(24)17-35-22-7-11-29-30(15-22)37-18-36-29;1-15-3-5-16(6-4-15)20-9-10-24(2)13-18(20)14-25-19-7-8-21-17(11-19)12-22-23-21/h3-7,9,11,14-15,21,24,32H,8,10,12-13,16-18H2,1-2H3;3-8,11-12,18,20H,9-10,13-14H2,1-2H3,(H,22,23)/t21-,24-;18-,20-/m00/s1. The Kier molecular flexibility index (Phi) is 13.7. The third-order valence-electron chi connectivity index (χ3n) is 12.6. The summed E-state index contributed by atoms with van der Waals surface area (Å²) in [4.78, 5) is 15.5. The first-order valence-corrected chi connectivity index (χ1v) is 21.7. The molecule has 62 heavy (non-hydrogen) atoms. The molecule has 0 spiro atoms. The number of carbonyl (C=O) groups is 1. The van der Waals surface area contributed by atoms with Gasteiger partial charge in [-0.3, -0.25) is 9.89 Å². The molecule has 2 N–H and O–H groups in total. The predicted octanol–water partition coefficient (Wildman–Crippen LogP) is 9.44. The van der Waals surface area contributed by atoms with E-state index in [4.69, 9.17) is 23.7 Å². The highest BCUT2D eigenvalue weighted by molar-refractivity contribution is 5.96. The lowest BCUT2D eigenvalue weighted by Crippen LogP contribution is -2.39. The van der Waals surface area contributed by atoms with Gasteiger partial charge in [-0.15, -0.1) is 0 Å². The number of Topliss-reactive ketones (excluding diaryl/α,β-unsaturated/α-hetero) is 1. The van der Waals surface area contributed by atoms with Gasteiger partial charge in [-0.25, -0.2) is 4.39 Å². The molecule has 9 rings (SSSR count). The molecule has 5 aromatic carbocycles. The number of aromatic nitrogens is 2. The molecule has 10 nitrogen and oxygen atoms in total. The second-order valence-electron chi connectivity index (χ2n) is 16.9. The molecule has 11 heteroatoms. The van der Waals surface area contributed by atoms with Gasteiger partial charge in [0.1, 0.15) is 23.1 Å². The topological polar surface area (TPSA) is 107 Å². The number of likely N-dealkylation sites (tertiary alicyclic amines) is 1. The van der Waals surface area contributed by atoms with Gasteiger partial charge in [0.25, 0.3) is 0 Å². The Bertz CT molecular complexity index is 2450. The second kappa shape index (κ2) is 19.9. The Morgan fingerprint density at radius 2 is 1.61 bits per heavy atom. The quantitative estimate of drug-likeness (QED) is 0.110. The summed E-state index contributed by atoms with van der Waals surface area (Å²) in [6, 6.07) is 31.5. The van der Waals surface area contributed by atoms with Gasteiger partial charge >= 0.3 is 0 Å². The van der Waals surface area contributed by atoms with Gasteiger partial charge in [-0.05, 0) is 136 Å². The predicted molar refractivity (Wildman–Crippen MR) is 240 cm³/mol. The largest absolute Gasteiger partial charge is 0.496 e. The second-order valence-corrected chi connectivity index (χ2v) is 16.9. The van der Waals surface area contributed by atoms with Crippen molar-refractivity contribution in [3.63, 3.8) is 0 Å². The summed E-state index contributed by atoms with van der Waals surface area (Å²) in [7, 11) is 3.82. The molecule has 6 aromatic rings. The van der Waals surface area contributed by atoms with E-state index in [0.717, 1.165) is 84.0 Å². The number of ether oxygens (including phenoxy) is 5. The monoisotopic (exact) mass is 840 g/mol. The molecule has 0 aliphatic carbocycles. The molecule has 0 radical (unpaired) electrons. The summed E-state index contributed by atoms with van der Waals surface area (Å²) < 4.78 is 43.4. The first kappa shape index (κ1) is 42.8. The highest BCUT2D eigenvalue weighted by Crippen LogP contribution is 2.37. The molecule has 1 aromatic heterocycles. The summed E-state index contributed by atoms with van der Waals surface area (Å²) in [5.41, 5.74) is 6.96. The molecule has 3 aliphatic heterocycles. The van der Waals surface area contributed by atoms with Gasteiger partial charge < -0.3 is 33.9 Å². The molecular formula is C51H57FN4O6. The number of carbonyl (C=O) groups excluding carboxylic acids is 1. The van der Waals surface area contributed by atoms with E-state index in [-0.39, 0.29) is 36.4 Å². The minimum atomic E-state index is -0.479. The van der Waals surface area contributed by atoms with Gasteiger partial charge in [0.05, 0.1) is 37.6 Å². The number of ketones is 1. The molecule has 2 fully saturated rings. The van der Waals surface area contributed by atoms with Crippen molar-refractivity contribution in [3.8, 4) is 28.7 Å². The zero-order valence-corrected chi connectivity index (χ0v) is 36.1. The van der Waals surface area contributed by atoms with E-state index in [0.29, 0.717) is 36.4 Å². The smallest absolute Gasteiger partial charge is 0.231 e. The summed E-state index contributed by atoms with van der Waals surface area (Å²) in [5, 5.41) is 11.6. The van der Waals surface area contributed by atoms with Crippen LogP contribution in [0, 0.1) is 31.5 Å². The fourth-order valence-corrected chi connectivity index (χ4v) is 9.10. The number of aryl methyl sites for hydroxylation is 2. The number of hydrogen-bond acceptors (Lipinski definition) is 9. The Morgan fingerprint density at radius 3 is 2.45 bits per heavy atom. The third kappa shape index (κ3) is 10.2. The summed E-state index contributed by atoms with van der Waals surface area (Å²) >= 11 is 0. The number of rotatable bonds is 13. The van der Waals surface area contributed by atoms with Gasteiger partial charge in [-0.1, -0.05) is 48.0 Å². The highest BCUT2D eigenvalue weighted by atomic mass is 19.1. The number of nitrogens with one attached hydrogen (secondary N) is 2. The Hall–Kier alpha value is -5.91. The van der Waals surface area contributed by atoms with Crippen molar-refractivity contribution in [1.82, 2.24) is 20.4 Å². The third-order valence-corrected chi connectivity index (χ3v) is 12.6. The maximum atomic E-state index is 14.8. The number of piperidine rings is 2. The minimum Gasteiger partial charge on any atom is -0.496 e. The van der Waals surface area contributed by atoms with Crippen LogP contribution in [0.4, 0.5) is 4.39 Å². The van der Waals surface area contributed by atoms with Crippen molar-refractivity contribution < 1.29 is 32.9 Å². The van der Waals surface area contributed by atoms with Crippen LogP contribution >= 0.6 is 0 Å². The Morgan fingerprint density at radius 1 is 0.855 bits per heavy atom. The van der Waals surface area contributed by atoms with E-state index >= 15 is 0 Å². The molecule has 4 heterocycles. The van der Waals surface area contributed by atoms with Crippen LogP contribution in [0.5, 0.6) is 28.7 Å². The zero-order valence-electron chi connectivity index (χ0n) is 36.1. The lowest BCUT2D eigenvalue weighted by Gasteiger charge is -2.37. The van der Waals surface area contributed by atoms with E-state index in [1.165, 1.54) is 23.6 Å². The molecule has 3 aliphatic rings. The average Bonchev–Trinajstić information content (AvgIpc) is 3.97. The van der Waals surface area contributed by atoms with Crippen LogP contribution in [-0.2, 0) is 6.42 Å². The van der Waals surface area contributed by atoms with Gasteiger partial charge in [0.15, 0.2) is 17.3 Å². The van der Waals surface area contributed by atoms with Crippen LogP contribution in [0.2, 0.25) is 0 Å². The summed E-state index contributed by atoms with van der Waals surface area (Å²) in [5.74, 6) is 4.50. The number of fused-ring (bicyclic) bond motifs is 2. The van der Waals surface area contributed by atoms with Gasteiger partial charge in [-0.2, -0.15) is 5.10 Å². The number of benzene rings is 5. The van der Waals surface area contributed by atoms with Crippen LogP contribution in [0.15, 0.2) is 103 Å². The van der Waals surface area contributed by atoms with Crippen LogP contribution in [-0.4, -0.2) is 81.2 Å². The maximum absolute atomic E-state index is 14.8. The number of halogens is 1. The lowest BCUT2D eigenvalue weighted by atomic mass is 9.80. The Labute approximate surface area is 363 Å². The number of H-pyrrole nitrogens is 1. The highest BCUT2D eigenvalue weighted by Gasteiger charge is 2.31. The van der Waals surface area contributed by atoms with Crippen LogP contribution in [0.1, 0.15) is 69.3 Å². The van der Waals surface area contributed by atoms with Gasteiger partial charge in [0.2, 0.25) is 6.79 Å². The maximum Gasteiger partial charge on any atom is 0.231 e. The van der Waals surface area contributed by atoms with Crippen molar-refractivity contribution in [3.05, 3.63) is 142 Å². The molecule has 2 saturated heterocycles. The first-order chi connectivity index (χ1) is 30.2. The van der Waals surface area contributed by atoms with Crippen molar-refractivity contribution in [2.75, 3.05) is 60.3 Å². The molecule has 4 atom stereocenters. The van der Waals surface area contributed by atoms with Crippen LogP contribution < -0.4 is 29.0 Å². The fraction of sp³-hybridized carbons (Fsp3) is 0.373. The molecule has 324 valence electrons. The molecule has 0 bridgehead atoms. The van der Waals surface area contributed by atoms with E-state index in [9.17, 15) is 9.18 Å². The van der Waals surface area contributed by atoms with E-state index in [2.05, 4.69) is 64.7 Å². The molecule has 0 unspecified atom stereocenters. The number of methoxy groups -OCH3 is 1. The van der Waals surface area contributed by atoms with Crippen molar-refractivity contribution in [2.45, 2.75) is 51.4 Å². The van der Waals surface area contributed by atoms with Gasteiger partial charge in [0, 0.05) is 42.8 Å². The first-order valence-electron chi connectivity index (χ1n) is 21.7. The zero-order chi connectivity index (χ0) is 43.0. The SMILES string of the molecule is COc1cccc(C)c1CCC(=O)c1cc([C@@H]2CCNC[C@H]2COc2ccc3c(c2)OCO3)ccc1F.Cc1ccc([C@@H]2CCN(C)C[C@H]2COc2ccc3[nH]ncc3c2)cc1. The lowest BCUT2D eigenvalue weighted by molar-refractivity contribution is 0.0978. The summed E-state index contributed by atoms with van der Waals surface area (Å²) in [6.45, 7) is 9.46. The van der Waals surface area contributed by atoms with Crippen molar-refractivity contribution in [2.24, 2.45) is 11.8 Å². The fourth-order valence-electron chi connectivity index (χ4n) is 9.10. The number of hydrogen-bond donors (Lipinski definition) is 2. The number of aromatic amines is 1. The Balaban J connectivity index is 0.000000184. The van der Waals surface area contributed by atoms with Crippen molar-refractivity contribution in [1.29, 1.82) is 0 Å². The minimum absolute atomic E-state index is 0.152. The van der Waals surface area contributed by atoms with E-state index < -0.39 is 5.82 Å². The number of nitrogens with zero attached hydrogens (tertiary/aromatic N) is 2. The normalized spacial score (nSPS) is 19.7. The average molecular weight is 841 g/mol.